The van der Waals surface area contributed by atoms with Crippen molar-refractivity contribution in [3.63, 3.8) is 0 Å². The highest BCUT2D eigenvalue weighted by Gasteiger charge is 2.08. The minimum Gasteiger partial charge on any atom is -0.385 e. The molecular formula is C14H23N3O. The monoisotopic (exact) mass is 249 g/mol. The fourth-order valence-corrected chi connectivity index (χ4v) is 2.30. The molecule has 1 aromatic rings. The van der Waals surface area contributed by atoms with E-state index in [2.05, 4.69) is 27.3 Å². The number of anilines is 1. The van der Waals surface area contributed by atoms with E-state index < -0.39 is 0 Å². The summed E-state index contributed by atoms with van der Waals surface area (Å²) in [5.41, 5.74) is 3.33. The molecule has 0 amide bonds. The van der Waals surface area contributed by atoms with Crippen molar-refractivity contribution in [3.05, 3.63) is 23.5 Å². The normalized spacial score (nSPS) is 16.8. The maximum atomic E-state index is 5.34. The molecule has 1 N–H and O–H groups in total. The zero-order valence-electron chi connectivity index (χ0n) is 11.4. The topological polar surface area (TPSA) is 37.4 Å². The Hall–Kier alpha value is -1.13. The van der Waals surface area contributed by atoms with Gasteiger partial charge in [0.1, 0.15) is 0 Å². The van der Waals surface area contributed by atoms with E-state index in [1.165, 1.54) is 12.1 Å². The third-order valence-corrected chi connectivity index (χ3v) is 3.17. The van der Waals surface area contributed by atoms with Gasteiger partial charge in [0.05, 0.1) is 13.2 Å². The van der Waals surface area contributed by atoms with E-state index in [4.69, 9.17) is 4.74 Å². The third kappa shape index (κ3) is 4.27. The Labute approximate surface area is 109 Å². The molecule has 0 radical (unpaired) electrons. The van der Waals surface area contributed by atoms with E-state index in [9.17, 15) is 0 Å². The molecule has 1 aromatic heterocycles. The van der Waals surface area contributed by atoms with Gasteiger partial charge >= 0.3 is 0 Å². The fraction of sp³-hybridized carbons (Fsp3) is 0.643. The standard InChI is InChI=1S/C14H23N3O/c1-12-10-14(11-13(2)16-12)15-4-3-5-17-6-8-18-9-7-17/h10-11H,3-9H2,1-2H3,(H,15,16). The van der Waals surface area contributed by atoms with Crippen LogP contribution in [0.3, 0.4) is 0 Å². The summed E-state index contributed by atoms with van der Waals surface area (Å²) in [6, 6.07) is 4.20. The molecule has 0 saturated carbocycles. The van der Waals surface area contributed by atoms with Crippen LogP contribution in [0.4, 0.5) is 5.69 Å². The predicted molar refractivity (Wildman–Crippen MR) is 74.1 cm³/mol. The molecule has 2 rings (SSSR count). The SMILES string of the molecule is Cc1cc(NCCCN2CCOCC2)cc(C)n1. The van der Waals surface area contributed by atoms with Gasteiger partial charge in [-0.25, -0.2) is 0 Å². The lowest BCUT2D eigenvalue weighted by atomic mass is 10.2. The Morgan fingerprint density at radius 3 is 2.56 bits per heavy atom. The van der Waals surface area contributed by atoms with Crippen LogP contribution in [0.2, 0.25) is 0 Å². The van der Waals surface area contributed by atoms with Gasteiger partial charge in [-0.1, -0.05) is 0 Å². The molecule has 4 nitrogen and oxygen atoms in total. The maximum Gasteiger partial charge on any atom is 0.0594 e. The van der Waals surface area contributed by atoms with E-state index >= 15 is 0 Å². The minimum atomic E-state index is 0.885. The Morgan fingerprint density at radius 2 is 1.89 bits per heavy atom. The summed E-state index contributed by atoms with van der Waals surface area (Å²) in [5.74, 6) is 0. The molecule has 2 heterocycles. The zero-order valence-corrected chi connectivity index (χ0v) is 11.4. The van der Waals surface area contributed by atoms with Gasteiger partial charge < -0.3 is 10.1 Å². The second-order valence-corrected chi connectivity index (χ2v) is 4.87. The summed E-state index contributed by atoms with van der Waals surface area (Å²) in [6.45, 7) is 10.2. The third-order valence-electron chi connectivity index (χ3n) is 3.17. The predicted octanol–water partition coefficient (Wildman–Crippen LogP) is 1.83. The molecule has 0 aromatic carbocycles. The molecule has 1 fully saturated rings. The second kappa shape index (κ2) is 6.71. The van der Waals surface area contributed by atoms with Crippen molar-refractivity contribution in [2.75, 3.05) is 44.7 Å². The largest absolute Gasteiger partial charge is 0.385 e. The van der Waals surface area contributed by atoms with Gasteiger partial charge in [0.15, 0.2) is 0 Å². The molecule has 100 valence electrons. The van der Waals surface area contributed by atoms with Crippen LogP contribution in [-0.2, 0) is 4.74 Å². The van der Waals surface area contributed by atoms with E-state index in [0.717, 1.165) is 50.8 Å². The van der Waals surface area contributed by atoms with E-state index in [-0.39, 0.29) is 0 Å². The second-order valence-electron chi connectivity index (χ2n) is 4.87. The van der Waals surface area contributed by atoms with Crippen LogP contribution >= 0.6 is 0 Å². The molecule has 0 unspecified atom stereocenters. The summed E-state index contributed by atoms with van der Waals surface area (Å²) in [5, 5.41) is 3.47. The molecule has 18 heavy (non-hydrogen) atoms. The van der Waals surface area contributed by atoms with Crippen molar-refractivity contribution in [1.29, 1.82) is 0 Å². The van der Waals surface area contributed by atoms with Gasteiger partial charge in [-0.05, 0) is 38.9 Å². The number of nitrogens with zero attached hydrogens (tertiary/aromatic N) is 2. The molecule has 1 saturated heterocycles. The smallest absolute Gasteiger partial charge is 0.0594 e. The lowest BCUT2D eigenvalue weighted by molar-refractivity contribution is 0.0378. The molecule has 0 bridgehead atoms. The van der Waals surface area contributed by atoms with Crippen LogP contribution in [0, 0.1) is 13.8 Å². The van der Waals surface area contributed by atoms with Crippen molar-refractivity contribution in [2.24, 2.45) is 0 Å². The van der Waals surface area contributed by atoms with Gasteiger partial charge in [-0.15, -0.1) is 0 Å². The summed E-state index contributed by atoms with van der Waals surface area (Å²) in [7, 11) is 0. The number of pyridine rings is 1. The lowest BCUT2D eigenvalue weighted by Crippen LogP contribution is -2.37. The van der Waals surface area contributed by atoms with E-state index in [0.29, 0.717) is 0 Å². The number of aromatic nitrogens is 1. The summed E-state index contributed by atoms with van der Waals surface area (Å²) in [4.78, 5) is 6.84. The van der Waals surface area contributed by atoms with Gasteiger partial charge in [0, 0.05) is 36.7 Å². The molecule has 1 aliphatic rings. The van der Waals surface area contributed by atoms with Gasteiger partial charge in [-0.3, -0.25) is 9.88 Å². The summed E-state index contributed by atoms with van der Waals surface area (Å²) < 4.78 is 5.34. The number of hydrogen-bond acceptors (Lipinski definition) is 4. The first-order valence-electron chi connectivity index (χ1n) is 6.73. The first-order chi connectivity index (χ1) is 8.74. The first kappa shape index (κ1) is 13.3. The molecule has 4 heteroatoms. The van der Waals surface area contributed by atoms with E-state index in [1.54, 1.807) is 0 Å². The van der Waals surface area contributed by atoms with Crippen LogP contribution in [0.5, 0.6) is 0 Å². The number of aryl methyl sites for hydroxylation is 2. The molecule has 0 aliphatic carbocycles. The Balaban J connectivity index is 1.68. The summed E-state index contributed by atoms with van der Waals surface area (Å²) >= 11 is 0. The van der Waals surface area contributed by atoms with Crippen molar-refractivity contribution in [2.45, 2.75) is 20.3 Å². The average molecular weight is 249 g/mol. The fourth-order valence-electron chi connectivity index (χ4n) is 2.30. The zero-order chi connectivity index (χ0) is 12.8. The highest BCUT2D eigenvalue weighted by atomic mass is 16.5. The number of hydrogen-bond donors (Lipinski definition) is 1. The highest BCUT2D eigenvalue weighted by Crippen LogP contribution is 2.10. The average Bonchev–Trinajstić information content (AvgIpc) is 2.35. The van der Waals surface area contributed by atoms with E-state index in [1.807, 2.05) is 13.8 Å². The molecule has 0 spiro atoms. The number of ether oxygens (including phenoxy) is 1. The van der Waals surface area contributed by atoms with Crippen LogP contribution in [0.15, 0.2) is 12.1 Å². The quantitative estimate of drug-likeness (QED) is 0.808. The Kier molecular flexibility index (Phi) is 4.96. The number of morpholine rings is 1. The maximum absolute atomic E-state index is 5.34. The molecule has 1 aliphatic heterocycles. The summed E-state index contributed by atoms with van der Waals surface area (Å²) in [6.07, 6.45) is 1.17. The van der Waals surface area contributed by atoms with Crippen LogP contribution in [-0.4, -0.2) is 49.3 Å². The Morgan fingerprint density at radius 1 is 1.22 bits per heavy atom. The van der Waals surface area contributed by atoms with Gasteiger partial charge in [0.2, 0.25) is 0 Å². The molecular weight excluding hydrogens is 226 g/mol. The number of rotatable bonds is 5. The molecule has 0 atom stereocenters. The highest BCUT2D eigenvalue weighted by molar-refractivity contribution is 5.44. The van der Waals surface area contributed by atoms with Crippen molar-refractivity contribution < 1.29 is 4.74 Å². The van der Waals surface area contributed by atoms with Crippen LogP contribution in [0.25, 0.3) is 0 Å². The van der Waals surface area contributed by atoms with Gasteiger partial charge in [0.25, 0.3) is 0 Å². The lowest BCUT2D eigenvalue weighted by Gasteiger charge is -2.26. The van der Waals surface area contributed by atoms with Crippen molar-refractivity contribution in [1.82, 2.24) is 9.88 Å². The van der Waals surface area contributed by atoms with Crippen molar-refractivity contribution >= 4 is 5.69 Å². The minimum absolute atomic E-state index is 0.885. The number of nitrogens with one attached hydrogen (secondary N) is 1. The van der Waals surface area contributed by atoms with Gasteiger partial charge in [-0.2, -0.15) is 0 Å². The van der Waals surface area contributed by atoms with Crippen LogP contribution in [0.1, 0.15) is 17.8 Å². The Bertz CT molecular complexity index is 355. The first-order valence-corrected chi connectivity index (χ1v) is 6.73. The van der Waals surface area contributed by atoms with Crippen molar-refractivity contribution in [3.8, 4) is 0 Å². The van der Waals surface area contributed by atoms with Crippen LogP contribution < -0.4 is 5.32 Å².